The van der Waals surface area contributed by atoms with Crippen LogP contribution in [0.5, 0.6) is 11.5 Å². The quantitative estimate of drug-likeness (QED) is 0.858. The number of hydrogen-bond acceptors (Lipinski definition) is 6. The number of benzene rings is 1. The van der Waals surface area contributed by atoms with Crippen molar-refractivity contribution in [3.63, 3.8) is 0 Å². The third kappa shape index (κ3) is 3.76. The summed E-state index contributed by atoms with van der Waals surface area (Å²) in [5.74, 6) is 0.710. The summed E-state index contributed by atoms with van der Waals surface area (Å²) in [6.45, 7) is 4.53. The molecule has 0 aliphatic rings. The van der Waals surface area contributed by atoms with Gasteiger partial charge >= 0.3 is 0 Å². The summed E-state index contributed by atoms with van der Waals surface area (Å²) in [5.41, 5.74) is -0.0399. The molecular weight excluding hydrogens is 308 g/mol. The number of hydrogen-bond donors (Lipinski definition) is 1. The van der Waals surface area contributed by atoms with Crippen molar-refractivity contribution in [2.75, 3.05) is 19.5 Å². The summed E-state index contributed by atoms with van der Waals surface area (Å²) in [5, 5.41) is 0.323. The second kappa shape index (κ2) is 6.35. The molecule has 0 aliphatic carbocycles. The summed E-state index contributed by atoms with van der Waals surface area (Å²) >= 11 is 0. The summed E-state index contributed by atoms with van der Waals surface area (Å²) in [4.78, 5) is 18.8. The van der Waals surface area contributed by atoms with Gasteiger partial charge in [0.25, 0.3) is 5.56 Å². The molecule has 0 unspecified atom stereocenters. The average molecular weight is 326 g/mol. The Morgan fingerprint density at radius 2 is 1.73 bits per heavy atom. The monoisotopic (exact) mass is 326 g/mol. The van der Waals surface area contributed by atoms with Gasteiger partial charge in [-0.25, -0.2) is 13.4 Å². The van der Waals surface area contributed by atoms with Crippen LogP contribution in [-0.2, 0) is 15.6 Å². The van der Waals surface area contributed by atoms with Crippen molar-refractivity contribution in [1.82, 2.24) is 9.97 Å². The van der Waals surface area contributed by atoms with Gasteiger partial charge in [-0.15, -0.1) is 0 Å². The number of nitrogens with zero attached hydrogens (tertiary/aromatic N) is 1. The number of sulfone groups is 1. The first kappa shape index (κ1) is 16.3. The van der Waals surface area contributed by atoms with Gasteiger partial charge in [-0.05, 0) is 19.9 Å². The molecule has 22 heavy (non-hydrogen) atoms. The molecule has 1 N–H and O–H groups in total. The van der Waals surface area contributed by atoms with E-state index in [1.807, 2.05) is 13.8 Å². The summed E-state index contributed by atoms with van der Waals surface area (Å²) < 4.78 is 33.6. The lowest BCUT2D eigenvalue weighted by Crippen LogP contribution is -2.15. The van der Waals surface area contributed by atoms with Crippen LogP contribution in [0.1, 0.15) is 19.7 Å². The predicted octanol–water partition coefficient (Wildman–Crippen LogP) is 1.27. The summed E-state index contributed by atoms with van der Waals surface area (Å²) in [6, 6.07) is 3.14. The molecule has 0 bridgehead atoms. The van der Waals surface area contributed by atoms with E-state index in [9.17, 15) is 13.2 Å². The average Bonchev–Trinajstić information content (AvgIpc) is 2.39. The van der Waals surface area contributed by atoms with Gasteiger partial charge in [0.1, 0.15) is 11.6 Å². The van der Waals surface area contributed by atoms with Gasteiger partial charge in [0.05, 0.1) is 24.1 Å². The molecule has 0 spiro atoms. The Kier molecular flexibility index (Phi) is 4.70. The molecule has 2 rings (SSSR count). The number of H-pyrrole nitrogens is 1. The Balaban J connectivity index is 2.62. The lowest BCUT2D eigenvalue weighted by atomic mass is 10.2. The van der Waals surface area contributed by atoms with Crippen molar-refractivity contribution in [2.24, 2.45) is 0 Å². The van der Waals surface area contributed by atoms with E-state index in [2.05, 4.69) is 9.97 Å². The van der Waals surface area contributed by atoms with Crippen molar-refractivity contribution in [2.45, 2.75) is 19.6 Å². The minimum atomic E-state index is -3.29. The summed E-state index contributed by atoms with van der Waals surface area (Å²) in [6.07, 6.45) is 1.08. The second-order valence-electron chi connectivity index (χ2n) is 4.76. The van der Waals surface area contributed by atoms with Gasteiger partial charge < -0.3 is 14.5 Å². The summed E-state index contributed by atoms with van der Waals surface area (Å²) in [7, 11) is -3.29. The van der Waals surface area contributed by atoms with E-state index in [1.165, 1.54) is 0 Å². The number of aromatic nitrogens is 2. The number of nitrogens with one attached hydrogen (secondary N) is 1. The zero-order chi connectivity index (χ0) is 16.3. The molecular formula is C14H18N2O5S. The molecule has 0 fully saturated rings. The molecule has 120 valence electrons. The zero-order valence-corrected chi connectivity index (χ0v) is 13.5. The molecule has 7 nitrogen and oxygen atoms in total. The number of ether oxygens (including phenoxy) is 2. The van der Waals surface area contributed by atoms with Gasteiger partial charge in [0.15, 0.2) is 21.3 Å². The van der Waals surface area contributed by atoms with E-state index in [4.69, 9.17) is 9.47 Å². The van der Waals surface area contributed by atoms with Crippen molar-refractivity contribution in [3.8, 4) is 11.5 Å². The first-order chi connectivity index (χ1) is 10.3. The Hall–Kier alpha value is -2.09. The largest absolute Gasteiger partial charge is 0.490 e. The van der Waals surface area contributed by atoms with Crippen LogP contribution in [0.3, 0.4) is 0 Å². The van der Waals surface area contributed by atoms with Crippen molar-refractivity contribution < 1.29 is 17.9 Å². The first-order valence-electron chi connectivity index (χ1n) is 6.84. The molecule has 1 heterocycles. The van der Waals surface area contributed by atoms with Gasteiger partial charge in [0.2, 0.25) is 0 Å². The van der Waals surface area contributed by atoms with Crippen LogP contribution in [0.15, 0.2) is 16.9 Å². The molecule has 1 aromatic carbocycles. The standard InChI is InChI=1S/C14H18N2O5S/c1-4-20-11-6-9-10(7-12(11)21-5-2)15-13(16-14(9)17)8-22(3,18)19/h6-7H,4-5,8H2,1-3H3,(H,15,16,17). The van der Waals surface area contributed by atoms with E-state index in [0.29, 0.717) is 35.6 Å². The van der Waals surface area contributed by atoms with E-state index < -0.39 is 15.4 Å². The maximum absolute atomic E-state index is 12.1. The van der Waals surface area contributed by atoms with Crippen LogP contribution in [0.25, 0.3) is 10.9 Å². The van der Waals surface area contributed by atoms with Crippen LogP contribution in [0.2, 0.25) is 0 Å². The topological polar surface area (TPSA) is 98.4 Å². The molecule has 0 aliphatic heterocycles. The lowest BCUT2D eigenvalue weighted by molar-refractivity contribution is 0.288. The molecule has 8 heteroatoms. The minimum absolute atomic E-state index is 0.103. The maximum Gasteiger partial charge on any atom is 0.258 e. The molecule has 0 amide bonds. The van der Waals surface area contributed by atoms with E-state index in [1.54, 1.807) is 12.1 Å². The minimum Gasteiger partial charge on any atom is -0.490 e. The third-order valence-corrected chi connectivity index (χ3v) is 3.62. The molecule has 0 saturated heterocycles. The predicted molar refractivity (Wildman–Crippen MR) is 83.2 cm³/mol. The fraction of sp³-hybridized carbons (Fsp3) is 0.429. The normalized spacial score (nSPS) is 11.6. The van der Waals surface area contributed by atoms with Crippen molar-refractivity contribution in [1.29, 1.82) is 0 Å². The van der Waals surface area contributed by atoms with E-state index in [-0.39, 0.29) is 11.6 Å². The van der Waals surface area contributed by atoms with Gasteiger partial charge in [-0.3, -0.25) is 4.79 Å². The van der Waals surface area contributed by atoms with E-state index in [0.717, 1.165) is 6.26 Å². The first-order valence-corrected chi connectivity index (χ1v) is 8.90. The Bertz CT molecular complexity index is 842. The number of rotatable bonds is 6. The Labute approximate surface area is 128 Å². The highest BCUT2D eigenvalue weighted by Gasteiger charge is 2.14. The molecule has 0 atom stereocenters. The molecule has 2 aromatic rings. The second-order valence-corrected chi connectivity index (χ2v) is 6.91. The lowest BCUT2D eigenvalue weighted by Gasteiger charge is -2.12. The molecule has 0 radical (unpaired) electrons. The van der Waals surface area contributed by atoms with Crippen molar-refractivity contribution >= 4 is 20.7 Å². The number of aromatic amines is 1. The van der Waals surface area contributed by atoms with Gasteiger partial charge in [-0.2, -0.15) is 0 Å². The van der Waals surface area contributed by atoms with Crippen LogP contribution < -0.4 is 15.0 Å². The van der Waals surface area contributed by atoms with Crippen LogP contribution in [0.4, 0.5) is 0 Å². The smallest absolute Gasteiger partial charge is 0.258 e. The Morgan fingerprint density at radius 3 is 2.27 bits per heavy atom. The van der Waals surface area contributed by atoms with Crippen LogP contribution in [0, 0.1) is 0 Å². The number of fused-ring (bicyclic) bond motifs is 1. The maximum atomic E-state index is 12.1. The highest BCUT2D eigenvalue weighted by molar-refractivity contribution is 7.89. The fourth-order valence-corrected chi connectivity index (χ4v) is 2.68. The van der Waals surface area contributed by atoms with Gasteiger partial charge in [-0.1, -0.05) is 0 Å². The van der Waals surface area contributed by atoms with Crippen molar-refractivity contribution in [3.05, 3.63) is 28.3 Å². The molecule has 0 saturated carbocycles. The molecule has 1 aromatic heterocycles. The van der Waals surface area contributed by atoms with Gasteiger partial charge in [0, 0.05) is 12.3 Å². The highest BCUT2D eigenvalue weighted by atomic mass is 32.2. The third-order valence-electron chi connectivity index (χ3n) is 2.82. The fourth-order valence-electron chi connectivity index (χ4n) is 2.05. The van der Waals surface area contributed by atoms with Crippen LogP contribution >= 0.6 is 0 Å². The van der Waals surface area contributed by atoms with Crippen LogP contribution in [-0.4, -0.2) is 37.9 Å². The van der Waals surface area contributed by atoms with E-state index >= 15 is 0 Å². The Morgan fingerprint density at radius 1 is 1.14 bits per heavy atom. The SMILES string of the molecule is CCOc1cc2nc(CS(C)(=O)=O)[nH]c(=O)c2cc1OCC. The highest BCUT2D eigenvalue weighted by Crippen LogP contribution is 2.30. The zero-order valence-electron chi connectivity index (χ0n) is 12.7.